The highest BCUT2D eigenvalue weighted by Crippen LogP contribution is 2.36. The Morgan fingerprint density at radius 2 is 2.08 bits per heavy atom. The third kappa shape index (κ3) is 1.48. The molecular weight excluding hydrogens is 164 g/mol. The standard InChI is InChI=1S/C11H14O2/c1-8-4-5-11(3,7-13)9(2)10(8)6-12/h4-7,9H,1-3H3. The number of hydrogen-bond donors (Lipinski definition) is 0. The molecule has 0 aromatic heterocycles. The number of aldehydes is 2. The normalized spacial score (nSPS) is 33.3. The van der Waals surface area contributed by atoms with Crippen molar-refractivity contribution in [3.63, 3.8) is 0 Å². The van der Waals surface area contributed by atoms with Crippen molar-refractivity contribution in [2.75, 3.05) is 0 Å². The third-order valence-electron chi connectivity index (χ3n) is 2.93. The average molecular weight is 178 g/mol. The Labute approximate surface area is 78.3 Å². The Hall–Kier alpha value is -1.18. The summed E-state index contributed by atoms with van der Waals surface area (Å²) in [5.41, 5.74) is 1.18. The van der Waals surface area contributed by atoms with Crippen molar-refractivity contribution >= 4 is 12.6 Å². The van der Waals surface area contributed by atoms with E-state index < -0.39 is 5.41 Å². The minimum absolute atomic E-state index is 0.0208. The van der Waals surface area contributed by atoms with Gasteiger partial charge >= 0.3 is 0 Å². The van der Waals surface area contributed by atoms with Crippen LogP contribution in [0.2, 0.25) is 0 Å². The fraction of sp³-hybridized carbons (Fsp3) is 0.455. The van der Waals surface area contributed by atoms with Crippen LogP contribution in [0.15, 0.2) is 23.3 Å². The van der Waals surface area contributed by atoms with Crippen LogP contribution in [0.5, 0.6) is 0 Å². The SMILES string of the molecule is CC1=C(C=O)C(C)C(C)(C=O)C=C1. The van der Waals surface area contributed by atoms with Gasteiger partial charge in [-0.2, -0.15) is 0 Å². The summed E-state index contributed by atoms with van der Waals surface area (Å²) in [7, 11) is 0. The van der Waals surface area contributed by atoms with Gasteiger partial charge in [-0.3, -0.25) is 4.79 Å². The first kappa shape index (κ1) is 9.90. The summed E-state index contributed by atoms with van der Waals surface area (Å²) < 4.78 is 0. The predicted molar refractivity (Wildman–Crippen MR) is 51.2 cm³/mol. The molecule has 1 aliphatic rings. The first-order chi connectivity index (χ1) is 6.05. The molecule has 0 heterocycles. The predicted octanol–water partition coefficient (Wildman–Crippen LogP) is 1.91. The molecule has 0 spiro atoms. The summed E-state index contributed by atoms with van der Waals surface area (Å²) >= 11 is 0. The van der Waals surface area contributed by atoms with Crippen molar-refractivity contribution in [3.8, 4) is 0 Å². The zero-order chi connectivity index (χ0) is 10.1. The van der Waals surface area contributed by atoms with Crippen LogP contribution < -0.4 is 0 Å². The Kier molecular flexibility index (Phi) is 2.50. The zero-order valence-corrected chi connectivity index (χ0v) is 8.20. The van der Waals surface area contributed by atoms with Crippen molar-refractivity contribution in [3.05, 3.63) is 23.3 Å². The van der Waals surface area contributed by atoms with Gasteiger partial charge in [-0.15, -0.1) is 0 Å². The van der Waals surface area contributed by atoms with E-state index in [-0.39, 0.29) is 5.92 Å². The monoisotopic (exact) mass is 178 g/mol. The second kappa shape index (κ2) is 3.29. The molecule has 2 heteroatoms. The molecule has 1 rings (SSSR count). The zero-order valence-electron chi connectivity index (χ0n) is 8.20. The Morgan fingerprint density at radius 3 is 2.54 bits per heavy atom. The van der Waals surface area contributed by atoms with Crippen LogP contribution in [-0.4, -0.2) is 12.6 Å². The van der Waals surface area contributed by atoms with Gasteiger partial charge in [-0.1, -0.05) is 19.1 Å². The Balaban J connectivity index is 3.15. The lowest BCUT2D eigenvalue weighted by Crippen LogP contribution is -2.29. The van der Waals surface area contributed by atoms with Crippen LogP contribution in [0.4, 0.5) is 0 Å². The second-order valence-electron chi connectivity index (χ2n) is 3.80. The Bertz CT molecular complexity index is 299. The number of carbonyl (C=O) groups is 2. The van der Waals surface area contributed by atoms with Crippen LogP contribution in [0.1, 0.15) is 20.8 Å². The molecule has 2 atom stereocenters. The fourth-order valence-corrected chi connectivity index (χ4v) is 1.56. The van der Waals surface area contributed by atoms with Gasteiger partial charge in [0.25, 0.3) is 0 Å². The van der Waals surface area contributed by atoms with E-state index in [2.05, 4.69) is 0 Å². The van der Waals surface area contributed by atoms with Gasteiger partial charge in [0.05, 0.1) is 0 Å². The highest BCUT2D eigenvalue weighted by atomic mass is 16.1. The van der Waals surface area contributed by atoms with Gasteiger partial charge in [-0.25, -0.2) is 0 Å². The lowest BCUT2D eigenvalue weighted by atomic mass is 9.71. The van der Waals surface area contributed by atoms with Crippen molar-refractivity contribution in [2.45, 2.75) is 20.8 Å². The van der Waals surface area contributed by atoms with E-state index in [0.717, 1.165) is 23.7 Å². The molecule has 0 aromatic carbocycles. The first-order valence-corrected chi connectivity index (χ1v) is 4.36. The van der Waals surface area contributed by atoms with Crippen molar-refractivity contribution in [1.29, 1.82) is 0 Å². The lowest BCUT2D eigenvalue weighted by molar-refractivity contribution is -0.115. The van der Waals surface area contributed by atoms with E-state index in [1.807, 2.05) is 32.9 Å². The van der Waals surface area contributed by atoms with E-state index in [1.54, 1.807) is 0 Å². The molecule has 0 amide bonds. The van der Waals surface area contributed by atoms with Crippen LogP contribution >= 0.6 is 0 Å². The first-order valence-electron chi connectivity index (χ1n) is 4.36. The average Bonchev–Trinajstić information content (AvgIpc) is 2.13. The van der Waals surface area contributed by atoms with E-state index in [4.69, 9.17) is 0 Å². The van der Waals surface area contributed by atoms with E-state index in [9.17, 15) is 9.59 Å². The molecule has 70 valence electrons. The molecule has 0 saturated carbocycles. The number of hydrogen-bond acceptors (Lipinski definition) is 2. The van der Waals surface area contributed by atoms with Crippen LogP contribution in [0.3, 0.4) is 0 Å². The number of allylic oxidation sites excluding steroid dienone is 4. The van der Waals surface area contributed by atoms with Gasteiger partial charge in [-0.05, 0) is 25.0 Å². The molecule has 0 fully saturated rings. The van der Waals surface area contributed by atoms with Crippen molar-refractivity contribution in [2.24, 2.45) is 11.3 Å². The van der Waals surface area contributed by atoms with Gasteiger partial charge in [0.15, 0.2) is 0 Å². The molecule has 2 nitrogen and oxygen atoms in total. The highest BCUT2D eigenvalue weighted by Gasteiger charge is 2.33. The highest BCUT2D eigenvalue weighted by molar-refractivity contribution is 5.80. The number of rotatable bonds is 2. The quantitative estimate of drug-likeness (QED) is 0.605. The van der Waals surface area contributed by atoms with Gasteiger partial charge in [0.1, 0.15) is 12.6 Å². The van der Waals surface area contributed by atoms with E-state index in [0.29, 0.717) is 0 Å². The minimum Gasteiger partial charge on any atom is -0.302 e. The largest absolute Gasteiger partial charge is 0.302 e. The molecular formula is C11H14O2. The fourth-order valence-electron chi connectivity index (χ4n) is 1.56. The molecule has 1 aliphatic carbocycles. The summed E-state index contributed by atoms with van der Waals surface area (Å²) in [4.78, 5) is 21.6. The van der Waals surface area contributed by atoms with Crippen molar-refractivity contribution in [1.82, 2.24) is 0 Å². The Morgan fingerprint density at radius 1 is 1.46 bits per heavy atom. The molecule has 0 aliphatic heterocycles. The summed E-state index contributed by atoms with van der Waals surface area (Å²) in [6.07, 6.45) is 5.47. The molecule has 0 saturated heterocycles. The van der Waals surface area contributed by atoms with Gasteiger partial charge < -0.3 is 4.79 Å². The maximum Gasteiger partial charge on any atom is 0.146 e. The molecule has 0 aromatic rings. The maximum atomic E-state index is 10.9. The summed E-state index contributed by atoms with van der Waals surface area (Å²) in [6.45, 7) is 5.64. The molecule has 2 unspecified atom stereocenters. The van der Waals surface area contributed by atoms with Crippen LogP contribution in [-0.2, 0) is 9.59 Å². The van der Waals surface area contributed by atoms with Gasteiger partial charge in [0.2, 0.25) is 0 Å². The molecule has 0 bridgehead atoms. The third-order valence-corrected chi connectivity index (χ3v) is 2.93. The molecule has 0 radical (unpaired) electrons. The van der Waals surface area contributed by atoms with Crippen LogP contribution in [0, 0.1) is 11.3 Å². The van der Waals surface area contributed by atoms with E-state index >= 15 is 0 Å². The molecule has 13 heavy (non-hydrogen) atoms. The minimum atomic E-state index is -0.518. The second-order valence-corrected chi connectivity index (χ2v) is 3.80. The van der Waals surface area contributed by atoms with E-state index in [1.165, 1.54) is 0 Å². The van der Waals surface area contributed by atoms with Crippen molar-refractivity contribution < 1.29 is 9.59 Å². The topological polar surface area (TPSA) is 34.1 Å². The summed E-state index contributed by atoms with van der Waals surface area (Å²) in [6, 6.07) is 0. The summed E-state index contributed by atoms with van der Waals surface area (Å²) in [5, 5.41) is 0. The summed E-state index contributed by atoms with van der Waals surface area (Å²) in [5.74, 6) is -0.0208. The molecule has 0 N–H and O–H groups in total. The smallest absolute Gasteiger partial charge is 0.146 e. The number of carbonyl (C=O) groups excluding carboxylic acids is 2. The maximum absolute atomic E-state index is 10.9. The lowest BCUT2D eigenvalue weighted by Gasteiger charge is -2.31. The van der Waals surface area contributed by atoms with Gasteiger partial charge in [0, 0.05) is 11.3 Å². The van der Waals surface area contributed by atoms with Crippen LogP contribution in [0.25, 0.3) is 0 Å².